The van der Waals surface area contributed by atoms with Crippen molar-refractivity contribution in [3.05, 3.63) is 35.5 Å². The number of carboxylic acid groups (broad SMARTS) is 1. The highest BCUT2D eigenvalue weighted by molar-refractivity contribution is 5.71. The van der Waals surface area contributed by atoms with E-state index in [1.54, 1.807) is 0 Å². The van der Waals surface area contributed by atoms with Gasteiger partial charge in [0.15, 0.2) is 0 Å². The average molecular weight is 314 g/mol. The number of aliphatic carboxylic acids is 1. The summed E-state index contributed by atoms with van der Waals surface area (Å²) in [5, 5.41) is 19.4. The van der Waals surface area contributed by atoms with Crippen LogP contribution in [0.1, 0.15) is 45.4 Å². The number of hydrogen-bond acceptors (Lipinski definition) is 2. The van der Waals surface area contributed by atoms with E-state index in [1.165, 1.54) is 32.1 Å². The fourth-order valence-electron chi connectivity index (χ4n) is 5.92. The van der Waals surface area contributed by atoms with Gasteiger partial charge in [-0.05, 0) is 60.0 Å². The van der Waals surface area contributed by atoms with E-state index in [1.807, 2.05) is 6.08 Å². The van der Waals surface area contributed by atoms with Gasteiger partial charge in [-0.15, -0.1) is 0 Å². The molecule has 0 aliphatic heterocycles. The molecule has 0 radical (unpaired) electrons. The minimum atomic E-state index is -0.858. The monoisotopic (exact) mass is 314 g/mol. The van der Waals surface area contributed by atoms with Crippen molar-refractivity contribution in [2.75, 3.05) is 0 Å². The minimum Gasteiger partial charge on any atom is -0.481 e. The first kappa shape index (κ1) is 15.2. The molecule has 1 unspecified atom stereocenters. The smallest absolute Gasteiger partial charge is 0.307 e. The van der Waals surface area contributed by atoms with Crippen LogP contribution in [0.4, 0.5) is 0 Å². The molecule has 2 N–H and O–H groups in total. The molecule has 0 aromatic carbocycles. The van der Waals surface area contributed by atoms with Crippen LogP contribution in [0.15, 0.2) is 35.5 Å². The van der Waals surface area contributed by atoms with E-state index in [-0.39, 0.29) is 6.42 Å². The second kappa shape index (κ2) is 5.34. The Bertz CT molecular complexity index is 614. The Hall–Kier alpha value is -1.35. The van der Waals surface area contributed by atoms with Crippen LogP contribution in [-0.4, -0.2) is 22.3 Å². The number of carboxylic acids is 1. The van der Waals surface area contributed by atoms with Crippen molar-refractivity contribution in [2.24, 2.45) is 29.1 Å². The molecule has 0 amide bonds. The van der Waals surface area contributed by atoms with E-state index in [0.29, 0.717) is 28.7 Å². The number of allylic oxidation sites excluding steroid dienone is 4. The fraction of sp³-hybridized carbons (Fsp3) is 0.650. The molecular weight excluding hydrogens is 288 g/mol. The zero-order valence-corrected chi connectivity index (χ0v) is 13.7. The van der Waals surface area contributed by atoms with Gasteiger partial charge in [0.25, 0.3) is 0 Å². The first-order chi connectivity index (χ1) is 11.0. The highest BCUT2D eigenvalue weighted by Crippen LogP contribution is 2.60. The highest BCUT2D eigenvalue weighted by Gasteiger charge is 2.51. The van der Waals surface area contributed by atoms with Gasteiger partial charge in [-0.1, -0.05) is 37.6 Å². The predicted octanol–water partition coefficient (Wildman–Crippen LogP) is 3.71. The third-order valence-corrected chi connectivity index (χ3v) is 7.05. The quantitative estimate of drug-likeness (QED) is 0.764. The van der Waals surface area contributed by atoms with Gasteiger partial charge in [-0.25, -0.2) is 0 Å². The van der Waals surface area contributed by atoms with Gasteiger partial charge in [0.05, 0.1) is 12.5 Å². The lowest BCUT2D eigenvalue weighted by Crippen LogP contribution is -2.42. The highest BCUT2D eigenvalue weighted by atomic mass is 16.4. The summed E-state index contributed by atoms with van der Waals surface area (Å²) in [5.74, 6) is 1.42. The first-order valence-electron chi connectivity index (χ1n) is 8.99. The number of aliphatic hydroxyl groups excluding tert-OH is 1. The summed E-state index contributed by atoms with van der Waals surface area (Å²) < 4.78 is 0. The summed E-state index contributed by atoms with van der Waals surface area (Å²) in [6.45, 7) is 2.47. The Morgan fingerprint density at radius 1 is 1.26 bits per heavy atom. The van der Waals surface area contributed by atoms with Crippen molar-refractivity contribution in [2.45, 2.75) is 51.6 Å². The Morgan fingerprint density at radius 3 is 2.87 bits per heavy atom. The second-order valence-electron chi connectivity index (χ2n) is 8.20. The lowest BCUT2D eigenvalue weighted by molar-refractivity contribution is -0.136. The zero-order valence-electron chi connectivity index (χ0n) is 13.7. The maximum Gasteiger partial charge on any atom is 0.307 e. The molecule has 3 heteroatoms. The summed E-state index contributed by atoms with van der Waals surface area (Å²) >= 11 is 0. The largest absolute Gasteiger partial charge is 0.481 e. The van der Waals surface area contributed by atoms with Crippen LogP contribution >= 0.6 is 0 Å². The normalized spacial score (nSPS) is 44.7. The van der Waals surface area contributed by atoms with Gasteiger partial charge >= 0.3 is 5.97 Å². The third kappa shape index (κ3) is 2.32. The second-order valence-corrected chi connectivity index (χ2v) is 8.20. The van der Waals surface area contributed by atoms with Crippen LogP contribution in [0.25, 0.3) is 0 Å². The van der Waals surface area contributed by atoms with Crippen LogP contribution in [0.3, 0.4) is 0 Å². The summed E-state index contributed by atoms with van der Waals surface area (Å²) in [7, 11) is 0. The number of hydrogen-bond donors (Lipinski definition) is 2. The summed E-state index contributed by atoms with van der Waals surface area (Å²) in [6, 6.07) is 0. The van der Waals surface area contributed by atoms with E-state index >= 15 is 0 Å². The third-order valence-electron chi connectivity index (χ3n) is 7.05. The molecule has 2 fully saturated rings. The molecule has 3 nitrogen and oxygen atoms in total. The Morgan fingerprint density at radius 2 is 2.09 bits per heavy atom. The molecule has 0 spiro atoms. The van der Waals surface area contributed by atoms with Crippen LogP contribution in [0.5, 0.6) is 0 Å². The summed E-state index contributed by atoms with van der Waals surface area (Å²) in [6.07, 6.45) is 14.2. The fourth-order valence-corrected chi connectivity index (χ4v) is 5.92. The van der Waals surface area contributed by atoms with Crippen LogP contribution in [0, 0.1) is 29.1 Å². The molecule has 124 valence electrons. The van der Waals surface area contributed by atoms with Gasteiger partial charge in [-0.2, -0.15) is 0 Å². The number of aliphatic hydroxyl groups is 1. The lowest BCUT2D eigenvalue weighted by atomic mass is 9.54. The lowest BCUT2D eigenvalue weighted by Gasteiger charge is -2.50. The van der Waals surface area contributed by atoms with Crippen LogP contribution in [-0.2, 0) is 4.79 Å². The van der Waals surface area contributed by atoms with Crippen molar-refractivity contribution in [1.29, 1.82) is 0 Å². The van der Waals surface area contributed by atoms with E-state index in [9.17, 15) is 9.90 Å². The van der Waals surface area contributed by atoms with Crippen LogP contribution in [0.2, 0.25) is 0 Å². The van der Waals surface area contributed by atoms with Gasteiger partial charge in [-0.3, -0.25) is 4.79 Å². The molecule has 0 aromatic rings. The first-order valence-corrected chi connectivity index (χ1v) is 8.99. The predicted molar refractivity (Wildman–Crippen MR) is 88.7 cm³/mol. The van der Waals surface area contributed by atoms with Gasteiger partial charge in [0.1, 0.15) is 0 Å². The molecule has 0 heterocycles. The van der Waals surface area contributed by atoms with E-state index in [2.05, 4.69) is 25.2 Å². The Kier molecular flexibility index (Phi) is 3.53. The van der Waals surface area contributed by atoms with Crippen molar-refractivity contribution in [3.63, 3.8) is 0 Å². The van der Waals surface area contributed by atoms with Gasteiger partial charge in [0.2, 0.25) is 0 Å². The molecule has 0 aromatic heterocycles. The molecule has 0 bridgehead atoms. The maximum atomic E-state index is 11.2. The molecule has 4 rings (SSSR count). The summed E-state index contributed by atoms with van der Waals surface area (Å²) in [5.41, 5.74) is 2.28. The topological polar surface area (TPSA) is 57.5 Å². The molecule has 0 saturated heterocycles. The number of carbonyl (C=O) groups is 1. The van der Waals surface area contributed by atoms with Crippen molar-refractivity contribution >= 4 is 5.97 Å². The number of rotatable bonds is 2. The Balaban J connectivity index is 1.72. The summed E-state index contributed by atoms with van der Waals surface area (Å²) in [4.78, 5) is 11.2. The molecule has 6 atom stereocenters. The van der Waals surface area contributed by atoms with E-state index in [4.69, 9.17) is 5.11 Å². The maximum absolute atomic E-state index is 11.2. The van der Waals surface area contributed by atoms with Crippen molar-refractivity contribution in [1.82, 2.24) is 0 Å². The van der Waals surface area contributed by atoms with E-state index < -0.39 is 12.1 Å². The SMILES string of the molecule is C[C@@]12CCC[C@H]1[C@@H]1C=CC3=C(CC(=O)O)C(O)C=C[C@@H]3[C@H]1CC2. The van der Waals surface area contributed by atoms with Gasteiger partial charge in [0, 0.05) is 5.92 Å². The van der Waals surface area contributed by atoms with Crippen molar-refractivity contribution < 1.29 is 15.0 Å². The molecular formula is C20H26O3. The van der Waals surface area contributed by atoms with E-state index in [0.717, 1.165) is 11.5 Å². The average Bonchev–Trinajstić information content (AvgIpc) is 2.91. The Labute approximate surface area is 137 Å². The van der Waals surface area contributed by atoms with Crippen LogP contribution < -0.4 is 0 Å². The molecule has 23 heavy (non-hydrogen) atoms. The van der Waals surface area contributed by atoms with Gasteiger partial charge < -0.3 is 10.2 Å². The molecule has 4 aliphatic rings. The molecule has 4 aliphatic carbocycles. The minimum absolute atomic E-state index is 0.0553. The number of fused-ring (bicyclic) bond motifs is 5. The zero-order chi connectivity index (χ0) is 16.2. The van der Waals surface area contributed by atoms with Crippen molar-refractivity contribution in [3.8, 4) is 0 Å². The molecule has 2 saturated carbocycles. The standard InChI is InChI=1S/C20H26O3/c1-20-9-2-3-17(20)15-5-4-13-12(14(15)8-10-20)6-7-18(21)16(13)11-19(22)23/h4-7,12,14-15,17-18,21H,2-3,8-11H2,1H3,(H,22,23)/t12-,14+,15+,17-,18?,20-/m0/s1.